The van der Waals surface area contributed by atoms with Gasteiger partial charge in [-0.15, -0.1) is 0 Å². The number of hydrogen-bond acceptors (Lipinski definition) is 3. The van der Waals surface area contributed by atoms with Crippen LogP contribution in [0.3, 0.4) is 0 Å². The average Bonchev–Trinajstić information content (AvgIpc) is 2.99. The molecular formula is C18H27N3O2. The van der Waals surface area contributed by atoms with Crippen molar-refractivity contribution in [2.75, 3.05) is 44.3 Å². The highest BCUT2D eigenvalue weighted by Gasteiger charge is 2.27. The summed E-state index contributed by atoms with van der Waals surface area (Å²) in [7, 11) is 0. The minimum atomic E-state index is 0.0221. The molecule has 2 heterocycles. The number of nitrogens with one attached hydrogen (secondary N) is 1. The lowest BCUT2D eigenvalue weighted by Crippen LogP contribution is -2.52. The minimum Gasteiger partial charge on any atom is -0.379 e. The van der Waals surface area contributed by atoms with E-state index in [-0.39, 0.29) is 6.03 Å². The molecule has 5 nitrogen and oxygen atoms in total. The Hall–Kier alpha value is -1.59. The van der Waals surface area contributed by atoms with Crippen molar-refractivity contribution in [3.05, 3.63) is 29.8 Å². The van der Waals surface area contributed by atoms with Gasteiger partial charge in [0.2, 0.25) is 0 Å². The quantitative estimate of drug-likeness (QED) is 0.925. The maximum absolute atomic E-state index is 12.6. The molecular weight excluding hydrogens is 290 g/mol. The summed E-state index contributed by atoms with van der Waals surface area (Å²) < 4.78 is 5.44. The molecule has 2 aliphatic rings. The molecule has 1 unspecified atom stereocenters. The SMILES string of the molecule is CC(C)C(CNC(=O)N1CCc2ccccc21)N1CCOCC1. The van der Waals surface area contributed by atoms with Gasteiger partial charge in [0.05, 0.1) is 13.2 Å². The molecule has 2 amide bonds. The zero-order valence-electron chi connectivity index (χ0n) is 14.1. The van der Waals surface area contributed by atoms with Crippen LogP contribution in [0, 0.1) is 5.92 Å². The Labute approximate surface area is 138 Å². The lowest BCUT2D eigenvalue weighted by Gasteiger charge is -2.37. The van der Waals surface area contributed by atoms with E-state index >= 15 is 0 Å². The highest BCUT2D eigenvalue weighted by molar-refractivity contribution is 5.94. The Kier molecular flexibility index (Phi) is 5.18. The standard InChI is InChI=1S/C18H27N3O2/c1-14(2)17(20-9-11-23-12-10-20)13-19-18(22)21-8-7-15-5-3-4-6-16(15)21/h3-6,14,17H,7-13H2,1-2H3,(H,19,22). The largest absolute Gasteiger partial charge is 0.379 e. The number of para-hydroxylation sites is 1. The first kappa shape index (κ1) is 16.3. The second-order valence-electron chi connectivity index (χ2n) is 6.68. The Balaban J connectivity index is 1.59. The Morgan fingerprint density at radius 3 is 2.70 bits per heavy atom. The lowest BCUT2D eigenvalue weighted by atomic mass is 10.0. The van der Waals surface area contributed by atoms with Crippen LogP contribution in [0.4, 0.5) is 10.5 Å². The van der Waals surface area contributed by atoms with Crippen molar-refractivity contribution in [2.45, 2.75) is 26.3 Å². The van der Waals surface area contributed by atoms with Crippen LogP contribution < -0.4 is 10.2 Å². The fourth-order valence-corrected chi connectivity index (χ4v) is 3.53. The van der Waals surface area contributed by atoms with Crippen molar-refractivity contribution >= 4 is 11.7 Å². The number of rotatable bonds is 4. The van der Waals surface area contributed by atoms with E-state index in [2.05, 4.69) is 30.1 Å². The van der Waals surface area contributed by atoms with Gasteiger partial charge in [0.15, 0.2) is 0 Å². The fraction of sp³-hybridized carbons (Fsp3) is 0.611. The van der Waals surface area contributed by atoms with Crippen molar-refractivity contribution < 1.29 is 9.53 Å². The van der Waals surface area contributed by atoms with E-state index < -0.39 is 0 Å². The number of morpholine rings is 1. The molecule has 0 saturated carbocycles. The van der Waals surface area contributed by atoms with Crippen LogP contribution in [-0.4, -0.2) is 56.4 Å². The summed E-state index contributed by atoms with van der Waals surface area (Å²) in [6, 6.07) is 8.55. The van der Waals surface area contributed by atoms with Crippen LogP contribution in [0.15, 0.2) is 24.3 Å². The third-order valence-electron chi connectivity index (χ3n) is 4.88. The molecule has 1 aromatic carbocycles. The van der Waals surface area contributed by atoms with Crippen LogP contribution in [0.2, 0.25) is 0 Å². The number of ether oxygens (including phenoxy) is 1. The number of anilines is 1. The Bertz CT molecular complexity index is 541. The second kappa shape index (κ2) is 7.32. The molecule has 5 heteroatoms. The van der Waals surface area contributed by atoms with Crippen molar-refractivity contribution in [3.8, 4) is 0 Å². The van der Waals surface area contributed by atoms with Gasteiger partial charge in [-0.05, 0) is 24.0 Å². The predicted molar refractivity (Wildman–Crippen MR) is 91.9 cm³/mol. The molecule has 0 aromatic heterocycles. The highest BCUT2D eigenvalue weighted by Crippen LogP contribution is 2.27. The highest BCUT2D eigenvalue weighted by atomic mass is 16.5. The van der Waals surface area contributed by atoms with E-state index in [1.807, 2.05) is 23.1 Å². The lowest BCUT2D eigenvalue weighted by molar-refractivity contribution is 0.00724. The molecule has 23 heavy (non-hydrogen) atoms. The third-order valence-corrected chi connectivity index (χ3v) is 4.88. The molecule has 3 rings (SSSR count). The molecule has 1 N–H and O–H groups in total. The number of urea groups is 1. The zero-order valence-corrected chi connectivity index (χ0v) is 14.1. The Morgan fingerprint density at radius 2 is 1.96 bits per heavy atom. The number of amides is 2. The topological polar surface area (TPSA) is 44.8 Å². The molecule has 0 radical (unpaired) electrons. The Morgan fingerprint density at radius 1 is 1.22 bits per heavy atom. The van der Waals surface area contributed by atoms with Crippen LogP contribution in [-0.2, 0) is 11.2 Å². The van der Waals surface area contributed by atoms with Gasteiger partial charge in [-0.1, -0.05) is 32.0 Å². The molecule has 1 atom stereocenters. The van der Waals surface area contributed by atoms with Gasteiger partial charge in [0.1, 0.15) is 0 Å². The summed E-state index contributed by atoms with van der Waals surface area (Å²) in [5.74, 6) is 0.499. The van der Waals surface area contributed by atoms with Crippen molar-refractivity contribution in [1.29, 1.82) is 0 Å². The van der Waals surface area contributed by atoms with E-state index in [1.54, 1.807) is 0 Å². The third kappa shape index (κ3) is 3.67. The van der Waals surface area contributed by atoms with E-state index in [0.717, 1.165) is 45.0 Å². The predicted octanol–water partition coefficient (Wildman–Crippen LogP) is 2.12. The van der Waals surface area contributed by atoms with E-state index in [0.29, 0.717) is 18.5 Å². The number of carbonyl (C=O) groups excluding carboxylic acids is 1. The van der Waals surface area contributed by atoms with Crippen LogP contribution >= 0.6 is 0 Å². The summed E-state index contributed by atoms with van der Waals surface area (Å²) in [6.45, 7) is 9.38. The van der Waals surface area contributed by atoms with Gasteiger partial charge in [-0.3, -0.25) is 9.80 Å². The van der Waals surface area contributed by atoms with Gasteiger partial charge in [0.25, 0.3) is 0 Å². The summed E-state index contributed by atoms with van der Waals surface area (Å²) in [5, 5.41) is 3.15. The maximum Gasteiger partial charge on any atom is 0.321 e. The van der Waals surface area contributed by atoms with Gasteiger partial charge >= 0.3 is 6.03 Å². The maximum atomic E-state index is 12.6. The average molecular weight is 317 g/mol. The molecule has 1 saturated heterocycles. The second-order valence-corrected chi connectivity index (χ2v) is 6.68. The van der Waals surface area contributed by atoms with Gasteiger partial charge < -0.3 is 10.1 Å². The van der Waals surface area contributed by atoms with Crippen LogP contribution in [0.1, 0.15) is 19.4 Å². The normalized spacial score (nSPS) is 19.7. The summed E-state index contributed by atoms with van der Waals surface area (Å²) in [4.78, 5) is 16.9. The summed E-state index contributed by atoms with van der Waals surface area (Å²) in [6.07, 6.45) is 0.945. The molecule has 1 fully saturated rings. The fourth-order valence-electron chi connectivity index (χ4n) is 3.53. The van der Waals surface area contributed by atoms with E-state index in [1.165, 1.54) is 5.56 Å². The van der Waals surface area contributed by atoms with Gasteiger partial charge in [0, 0.05) is 37.9 Å². The molecule has 0 bridgehead atoms. The molecule has 2 aliphatic heterocycles. The van der Waals surface area contributed by atoms with Crippen LogP contribution in [0.25, 0.3) is 0 Å². The van der Waals surface area contributed by atoms with Crippen molar-refractivity contribution in [2.24, 2.45) is 5.92 Å². The molecule has 1 aromatic rings. The van der Waals surface area contributed by atoms with Crippen LogP contribution in [0.5, 0.6) is 0 Å². The summed E-state index contributed by atoms with van der Waals surface area (Å²) in [5.41, 5.74) is 2.31. The molecule has 0 spiro atoms. The van der Waals surface area contributed by atoms with Crippen molar-refractivity contribution in [3.63, 3.8) is 0 Å². The van der Waals surface area contributed by atoms with Gasteiger partial charge in [-0.2, -0.15) is 0 Å². The van der Waals surface area contributed by atoms with Crippen molar-refractivity contribution in [1.82, 2.24) is 10.2 Å². The number of fused-ring (bicyclic) bond motifs is 1. The van der Waals surface area contributed by atoms with Gasteiger partial charge in [-0.25, -0.2) is 4.79 Å². The number of benzene rings is 1. The molecule has 126 valence electrons. The zero-order chi connectivity index (χ0) is 16.2. The van der Waals surface area contributed by atoms with E-state index in [4.69, 9.17) is 4.74 Å². The summed E-state index contributed by atoms with van der Waals surface area (Å²) >= 11 is 0. The number of carbonyl (C=O) groups is 1. The monoisotopic (exact) mass is 317 g/mol. The first-order valence-corrected chi connectivity index (χ1v) is 8.62. The first-order valence-electron chi connectivity index (χ1n) is 8.62. The minimum absolute atomic E-state index is 0.0221. The smallest absolute Gasteiger partial charge is 0.321 e. The molecule has 0 aliphatic carbocycles. The number of hydrogen-bond donors (Lipinski definition) is 1. The number of nitrogens with zero attached hydrogens (tertiary/aromatic N) is 2. The first-order chi connectivity index (χ1) is 11.2. The van der Waals surface area contributed by atoms with E-state index in [9.17, 15) is 4.79 Å².